The van der Waals surface area contributed by atoms with Gasteiger partial charge in [-0.15, -0.1) is 11.3 Å². The first-order valence-electron chi connectivity index (χ1n) is 7.52. The summed E-state index contributed by atoms with van der Waals surface area (Å²) in [4.78, 5) is 12.7. The van der Waals surface area contributed by atoms with Gasteiger partial charge in [0.15, 0.2) is 0 Å². The number of thiophene rings is 1. The second kappa shape index (κ2) is 10.0. The molecule has 1 aromatic heterocycles. The van der Waals surface area contributed by atoms with E-state index in [0.717, 1.165) is 30.6 Å². The molecule has 0 fully saturated rings. The van der Waals surface area contributed by atoms with Crippen LogP contribution in [0.25, 0.3) is 0 Å². The summed E-state index contributed by atoms with van der Waals surface area (Å²) in [7, 11) is 0. The van der Waals surface area contributed by atoms with Crippen LogP contribution in [0, 0.1) is 0 Å². The Morgan fingerprint density at radius 2 is 1.89 bits per heavy atom. The fraction of sp³-hybridized carbons (Fsp3) is 0.688. The number of unbranched alkanes of at least 4 members (excludes halogenated alkanes) is 4. The van der Waals surface area contributed by atoms with Crippen LogP contribution in [0.2, 0.25) is 0 Å². The maximum atomic E-state index is 12.0. The van der Waals surface area contributed by atoms with Gasteiger partial charge in [-0.2, -0.15) is 0 Å². The summed E-state index contributed by atoms with van der Waals surface area (Å²) in [5, 5.41) is 1.92. The molecule has 108 valence electrons. The molecule has 1 rings (SSSR count). The number of hydrogen-bond donors (Lipinski definition) is 0. The number of carbonyl (C=O) groups excluding carboxylic acids is 1. The first-order valence-corrected chi connectivity index (χ1v) is 8.40. The number of ether oxygens (including phenoxy) is 1. The zero-order chi connectivity index (χ0) is 13.9. The summed E-state index contributed by atoms with van der Waals surface area (Å²) in [5.74, 6) is -0.147. The monoisotopic (exact) mass is 282 g/mol. The zero-order valence-electron chi connectivity index (χ0n) is 12.2. The van der Waals surface area contributed by atoms with Crippen LogP contribution < -0.4 is 0 Å². The van der Waals surface area contributed by atoms with Crippen LogP contribution >= 0.6 is 11.3 Å². The Morgan fingerprint density at radius 3 is 2.53 bits per heavy atom. The fourth-order valence-electron chi connectivity index (χ4n) is 2.10. The van der Waals surface area contributed by atoms with Crippen molar-refractivity contribution in [2.75, 3.05) is 0 Å². The molecule has 1 unspecified atom stereocenters. The molecule has 1 heterocycles. The second-order valence-corrected chi connectivity index (χ2v) is 5.94. The van der Waals surface area contributed by atoms with Gasteiger partial charge in [-0.3, -0.25) is 0 Å². The van der Waals surface area contributed by atoms with Crippen LogP contribution in [0.4, 0.5) is 0 Å². The molecule has 0 aliphatic rings. The summed E-state index contributed by atoms with van der Waals surface area (Å²) in [6, 6.07) is 3.73. The zero-order valence-corrected chi connectivity index (χ0v) is 13.0. The van der Waals surface area contributed by atoms with Gasteiger partial charge in [0.05, 0.1) is 0 Å². The van der Waals surface area contributed by atoms with Gasteiger partial charge >= 0.3 is 5.97 Å². The summed E-state index contributed by atoms with van der Waals surface area (Å²) < 4.78 is 5.65. The lowest BCUT2D eigenvalue weighted by molar-refractivity contribution is 0.0256. The van der Waals surface area contributed by atoms with Gasteiger partial charge < -0.3 is 4.74 Å². The maximum absolute atomic E-state index is 12.0. The van der Waals surface area contributed by atoms with E-state index in [1.165, 1.54) is 37.0 Å². The Morgan fingerprint density at radius 1 is 1.16 bits per heavy atom. The van der Waals surface area contributed by atoms with Crippen molar-refractivity contribution in [1.29, 1.82) is 0 Å². The van der Waals surface area contributed by atoms with E-state index < -0.39 is 0 Å². The van der Waals surface area contributed by atoms with Crippen molar-refractivity contribution in [3.8, 4) is 0 Å². The molecule has 0 aliphatic heterocycles. The standard InChI is InChI=1S/C16H26O2S/c1-3-5-7-8-11-14(10-6-4-2)18-16(17)15-12-9-13-19-15/h9,12-14H,3-8,10-11H2,1-2H3. The quantitative estimate of drug-likeness (QED) is 0.422. The minimum atomic E-state index is -0.147. The van der Waals surface area contributed by atoms with Gasteiger partial charge in [0.2, 0.25) is 0 Å². The molecule has 0 aliphatic carbocycles. The Hall–Kier alpha value is -0.830. The number of rotatable bonds is 10. The minimum absolute atomic E-state index is 0.103. The minimum Gasteiger partial charge on any atom is -0.458 e. The van der Waals surface area contributed by atoms with Crippen LogP contribution in [0.5, 0.6) is 0 Å². The Bertz CT molecular complexity index is 333. The summed E-state index contributed by atoms with van der Waals surface area (Å²) in [6.07, 6.45) is 9.34. The van der Waals surface area contributed by atoms with Crippen molar-refractivity contribution in [3.63, 3.8) is 0 Å². The van der Waals surface area contributed by atoms with Crippen molar-refractivity contribution in [1.82, 2.24) is 0 Å². The Kier molecular flexibility index (Phi) is 8.55. The molecule has 3 heteroatoms. The largest absolute Gasteiger partial charge is 0.458 e. The van der Waals surface area contributed by atoms with Crippen LogP contribution in [-0.4, -0.2) is 12.1 Å². The highest BCUT2D eigenvalue weighted by atomic mass is 32.1. The van der Waals surface area contributed by atoms with E-state index in [0.29, 0.717) is 0 Å². The van der Waals surface area contributed by atoms with Gasteiger partial charge in [-0.05, 0) is 30.7 Å². The maximum Gasteiger partial charge on any atom is 0.348 e. The van der Waals surface area contributed by atoms with Crippen LogP contribution in [-0.2, 0) is 4.74 Å². The van der Waals surface area contributed by atoms with Gasteiger partial charge in [0.25, 0.3) is 0 Å². The molecule has 0 spiro atoms. The molecule has 1 aromatic rings. The molecule has 0 N–H and O–H groups in total. The smallest absolute Gasteiger partial charge is 0.348 e. The van der Waals surface area contributed by atoms with Crippen molar-refractivity contribution in [2.24, 2.45) is 0 Å². The van der Waals surface area contributed by atoms with E-state index >= 15 is 0 Å². The molecule has 0 radical (unpaired) electrons. The molecule has 19 heavy (non-hydrogen) atoms. The van der Waals surface area contributed by atoms with Crippen molar-refractivity contribution >= 4 is 17.3 Å². The van der Waals surface area contributed by atoms with Crippen LogP contribution in [0.3, 0.4) is 0 Å². The average molecular weight is 282 g/mol. The van der Waals surface area contributed by atoms with Crippen LogP contribution in [0.15, 0.2) is 17.5 Å². The topological polar surface area (TPSA) is 26.3 Å². The molecular formula is C16H26O2S. The predicted molar refractivity (Wildman–Crippen MR) is 81.8 cm³/mol. The van der Waals surface area contributed by atoms with E-state index in [9.17, 15) is 4.79 Å². The molecule has 0 saturated carbocycles. The molecule has 2 nitrogen and oxygen atoms in total. The van der Waals surface area contributed by atoms with Crippen molar-refractivity contribution in [3.05, 3.63) is 22.4 Å². The summed E-state index contributed by atoms with van der Waals surface area (Å²) in [6.45, 7) is 4.39. The summed E-state index contributed by atoms with van der Waals surface area (Å²) >= 11 is 1.45. The van der Waals surface area contributed by atoms with Crippen molar-refractivity contribution in [2.45, 2.75) is 71.3 Å². The lowest BCUT2D eigenvalue weighted by atomic mass is 10.0. The predicted octanol–water partition coefficient (Wildman–Crippen LogP) is 5.43. The average Bonchev–Trinajstić information content (AvgIpc) is 2.94. The third-order valence-corrected chi connectivity index (χ3v) is 4.11. The van der Waals surface area contributed by atoms with E-state index in [-0.39, 0.29) is 12.1 Å². The van der Waals surface area contributed by atoms with Gasteiger partial charge in [-0.1, -0.05) is 52.0 Å². The third-order valence-electron chi connectivity index (χ3n) is 3.26. The third kappa shape index (κ3) is 6.76. The lowest BCUT2D eigenvalue weighted by Crippen LogP contribution is -2.17. The highest BCUT2D eigenvalue weighted by Gasteiger charge is 2.16. The first kappa shape index (κ1) is 16.2. The molecule has 0 aromatic carbocycles. The number of hydrogen-bond acceptors (Lipinski definition) is 3. The van der Waals surface area contributed by atoms with Gasteiger partial charge in [-0.25, -0.2) is 4.79 Å². The second-order valence-electron chi connectivity index (χ2n) is 5.00. The highest BCUT2D eigenvalue weighted by molar-refractivity contribution is 7.11. The van der Waals surface area contributed by atoms with E-state index in [4.69, 9.17) is 4.74 Å². The highest BCUT2D eigenvalue weighted by Crippen LogP contribution is 2.18. The molecule has 0 amide bonds. The Balaban J connectivity index is 2.37. The molecule has 1 atom stereocenters. The molecular weight excluding hydrogens is 256 g/mol. The molecule has 0 bridgehead atoms. The first-order chi connectivity index (χ1) is 9.27. The van der Waals surface area contributed by atoms with E-state index in [1.54, 1.807) is 0 Å². The molecule has 0 saturated heterocycles. The van der Waals surface area contributed by atoms with Gasteiger partial charge in [0.1, 0.15) is 11.0 Å². The van der Waals surface area contributed by atoms with Crippen LogP contribution in [0.1, 0.15) is 74.9 Å². The summed E-state index contributed by atoms with van der Waals surface area (Å²) in [5.41, 5.74) is 0. The van der Waals surface area contributed by atoms with Crippen molar-refractivity contribution < 1.29 is 9.53 Å². The normalized spacial score (nSPS) is 12.3. The fourth-order valence-corrected chi connectivity index (χ4v) is 2.70. The lowest BCUT2D eigenvalue weighted by Gasteiger charge is -2.17. The van der Waals surface area contributed by atoms with E-state index in [2.05, 4.69) is 13.8 Å². The Labute approximate surface area is 121 Å². The number of esters is 1. The SMILES string of the molecule is CCCCCCC(CCCC)OC(=O)c1cccs1. The van der Waals surface area contributed by atoms with Gasteiger partial charge in [0, 0.05) is 0 Å². The number of carbonyl (C=O) groups is 1. The van der Waals surface area contributed by atoms with E-state index in [1.807, 2.05) is 17.5 Å².